The molecule has 8 heteroatoms. The molecule has 1 saturated heterocycles. The van der Waals surface area contributed by atoms with Crippen molar-refractivity contribution in [2.75, 3.05) is 32.7 Å². The van der Waals surface area contributed by atoms with Gasteiger partial charge in [0.1, 0.15) is 0 Å². The van der Waals surface area contributed by atoms with Crippen LogP contribution in [0.5, 0.6) is 0 Å². The quantitative estimate of drug-likeness (QED) is 0.803. The lowest BCUT2D eigenvalue weighted by Gasteiger charge is -2.22. The van der Waals surface area contributed by atoms with Crippen LogP contribution in [0.4, 0.5) is 4.79 Å². The molecular weight excluding hydrogens is 342 g/mol. The zero-order valence-corrected chi connectivity index (χ0v) is 15.5. The van der Waals surface area contributed by atoms with Gasteiger partial charge in [-0.15, -0.1) is 0 Å². The average Bonchev–Trinajstić information content (AvgIpc) is 2.86. The van der Waals surface area contributed by atoms with Gasteiger partial charge in [0.2, 0.25) is 10.0 Å². The van der Waals surface area contributed by atoms with Crippen LogP contribution in [0.15, 0.2) is 29.2 Å². The molecule has 0 saturated carbocycles. The Morgan fingerprint density at radius 1 is 1.08 bits per heavy atom. The molecule has 1 fully saturated rings. The predicted octanol–water partition coefficient (Wildman–Crippen LogP) is 1.71. The van der Waals surface area contributed by atoms with E-state index in [1.807, 2.05) is 6.92 Å². The lowest BCUT2D eigenvalue weighted by atomic mass is 10.2. The number of nitrogens with zero attached hydrogens (tertiary/aromatic N) is 2. The summed E-state index contributed by atoms with van der Waals surface area (Å²) in [6, 6.07) is 5.83. The van der Waals surface area contributed by atoms with Gasteiger partial charge < -0.3 is 10.2 Å². The number of rotatable bonds is 5. The third-order valence-corrected chi connectivity index (χ3v) is 6.08. The fourth-order valence-corrected chi connectivity index (χ4v) is 4.16. The van der Waals surface area contributed by atoms with E-state index >= 15 is 0 Å². The van der Waals surface area contributed by atoms with Crippen molar-refractivity contribution in [1.29, 1.82) is 0 Å². The van der Waals surface area contributed by atoms with Crippen LogP contribution in [-0.2, 0) is 10.0 Å². The summed E-state index contributed by atoms with van der Waals surface area (Å²) in [5.74, 6) is -0.104. The number of ketones is 1. The van der Waals surface area contributed by atoms with Gasteiger partial charge in [0.15, 0.2) is 5.78 Å². The largest absolute Gasteiger partial charge is 0.338 e. The summed E-state index contributed by atoms with van der Waals surface area (Å²) in [5.41, 5.74) is 0.480. The molecule has 1 aromatic rings. The molecule has 0 aromatic heterocycles. The van der Waals surface area contributed by atoms with E-state index in [4.69, 9.17) is 0 Å². The van der Waals surface area contributed by atoms with E-state index in [9.17, 15) is 18.0 Å². The van der Waals surface area contributed by atoms with Gasteiger partial charge in [-0.3, -0.25) is 4.79 Å². The Bertz CT molecular complexity index is 716. The second-order valence-electron chi connectivity index (χ2n) is 6.06. The number of carbonyl (C=O) groups is 2. The summed E-state index contributed by atoms with van der Waals surface area (Å²) in [5, 5.41) is 2.82. The molecule has 1 aromatic carbocycles. The van der Waals surface area contributed by atoms with Gasteiger partial charge in [0.05, 0.1) is 4.90 Å². The van der Waals surface area contributed by atoms with Crippen molar-refractivity contribution in [3.8, 4) is 0 Å². The maximum atomic E-state index is 12.8. The first-order valence-corrected chi connectivity index (χ1v) is 9.94. The van der Waals surface area contributed by atoms with Crippen LogP contribution >= 0.6 is 0 Å². The Hall–Kier alpha value is -1.93. The summed E-state index contributed by atoms with van der Waals surface area (Å²) in [6.07, 6.45) is 1.45. The smallest absolute Gasteiger partial charge is 0.317 e. The second-order valence-corrected chi connectivity index (χ2v) is 8.00. The van der Waals surface area contributed by atoms with Gasteiger partial charge in [-0.2, -0.15) is 4.31 Å². The van der Waals surface area contributed by atoms with Gasteiger partial charge in [-0.25, -0.2) is 13.2 Å². The molecule has 0 spiro atoms. The topological polar surface area (TPSA) is 86.8 Å². The lowest BCUT2D eigenvalue weighted by molar-refractivity contribution is 0.101. The fraction of sp³-hybridized carbons (Fsp3) is 0.529. The van der Waals surface area contributed by atoms with Crippen LogP contribution in [0, 0.1) is 0 Å². The third-order valence-electron chi connectivity index (χ3n) is 4.17. The Morgan fingerprint density at radius 2 is 1.76 bits per heavy atom. The van der Waals surface area contributed by atoms with E-state index in [2.05, 4.69) is 5.32 Å². The van der Waals surface area contributed by atoms with Crippen LogP contribution < -0.4 is 5.32 Å². The standard InChI is InChI=1S/C17H25N3O4S/c1-3-9-18-17(22)19-10-4-11-20(13-12-19)25(23,24)16-7-5-15(6-8-16)14(2)21/h5-8H,3-4,9-13H2,1-2H3,(H,18,22). The van der Waals surface area contributed by atoms with Crippen LogP contribution in [0.2, 0.25) is 0 Å². The summed E-state index contributed by atoms with van der Waals surface area (Å²) in [6.45, 7) is 5.56. The lowest BCUT2D eigenvalue weighted by Crippen LogP contribution is -2.42. The highest BCUT2D eigenvalue weighted by atomic mass is 32.2. The molecule has 25 heavy (non-hydrogen) atoms. The molecule has 1 aliphatic rings. The number of hydrogen-bond donors (Lipinski definition) is 1. The zero-order chi connectivity index (χ0) is 18.4. The maximum Gasteiger partial charge on any atom is 0.317 e. The minimum atomic E-state index is -3.63. The monoisotopic (exact) mass is 367 g/mol. The normalized spacial score (nSPS) is 16.3. The first kappa shape index (κ1) is 19.4. The summed E-state index contributed by atoms with van der Waals surface area (Å²) in [4.78, 5) is 25.2. The van der Waals surface area contributed by atoms with Crippen molar-refractivity contribution in [2.24, 2.45) is 0 Å². The van der Waals surface area contributed by atoms with E-state index in [1.165, 1.54) is 35.5 Å². The molecule has 0 unspecified atom stereocenters. The number of nitrogens with one attached hydrogen (secondary N) is 1. The maximum absolute atomic E-state index is 12.8. The fourth-order valence-electron chi connectivity index (χ4n) is 2.69. The molecule has 2 amide bonds. The van der Waals surface area contributed by atoms with Crippen LogP contribution in [0.25, 0.3) is 0 Å². The Morgan fingerprint density at radius 3 is 2.36 bits per heavy atom. The Kier molecular flexibility index (Phi) is 6.55. The molecule has 1 heterocycles. The van der Waals surface area contributed by atoms with E-state index in [0.717, 1.165) is 6.42 Å². The molecule has 1 aliphatic heterocycles. The van der Waals surface area contributed by atoms with Gasteiger partial charge in [0.25, 0.3) is 0 Å². The van der Waals surface area contributed by atoms with Crippen molar-refractivity contribution in [1.82, 2.24) is 14.5 Å². The molecule has 0 bridgehead atoms. The van der Waals surface area contributed by atoms with Crippen molar-refractivity contribution in [3.05, 3.63) is 29.8 Å². The van der Waals surface area contributed by atoms with Crippen LogP contribution in [-0.4, -0.2) is 62.2 Å². The number of benzene rings is 1. The third kappa shape index (κ3) is 4.79. The highest BCUT2D eigenvalue weighted by Crippen LogP contribution is 2.18. The second kappa shape index (κ2) is 8.44. The predicted molar refractivity (Wildman–Crippen MR) is 95.1 cm³/mol. The van der Waals surface area contributed by atoms with Crippen molar-refractivity contribution < 1.29 is 18.0 Å². The highest BCUT2D eigenvalue weighted by Gasteiger charge is 2.28. The molecule has 0 aliphatic carbocycles. The van der Waals surface area contributed by atoms with Gasteiger partial charge in [-0.05, 0) is 31.9 Å². The SMILES string of the molecule is CCCNC(=O)N1CCCN(S(=O)(=O)c2ccc(C(C)=O)cc2)CC1. The number of sulfonamides is 1. The minimum Gasteiger partial charge on any atom is -0.338 e. The van der Waals surface area contributed by atoms with E-state index in [1.54, 1.807) is 4.90 Å². The molecular formula is C17H25N3O4S. The van der Waals surface area contributed by atoms with E-state index in [0.29, 0.717) is 38.2 Å². The van der Waals surface area contributed by atoms with Gasteiger partial charge >= 0.3 is 6.03 Å². The number of amides is 2. The van der Waals surface area contributed by atoms with Crippen molar-refractivity contribution >= 4 is 21.8 Å². The molecule has 1 N–H and O–H groups in total. The molecule has 2 rings (SSSR count). The van der Waals surface area contributed by atoms with Gasteiger partial charge in [-0.1, -0.05) is 19.1 Å². The number of hydrogen-bond acceptors (Lipinski definition) is 4. The minimum absolute atomic E-state index is 0.104. The molecule has 0 radical (unpaired) electrons. The van der Waals surface area contributed by atoms with E-state index in [-0.39, 0.29) is 23.3 Å². The van der Waals surface area contributed by atoms with Crippen molar-refractivity contribution in [3.63, 3.8) is 0 Å². The van der Waals surface area contributed by atoms with Crippen LogP contribution in [0.1, 0.15) is 37.0 Å². The number of carbonyl (C=O) groups excluding carboxylic acids is 2. The molecule has 0 atom stereocenters. The molecule has 138 valence electrons. The Labute approximate surface area is 149 Å². The first-order valence-electron chi connectivity index (χ1n) is 8.50. The number of urea groups is 1. The average molecular weight is 367 g/mol. The number of Topliss-reactive ketones (excluding diaryl/α,β-unsaturated/α-hetero) is 1. The molecule has 7 nitrogen and oxygen atoms in total. The summed E-state index contributed by atoms with van der Waals surface area (Å²) >= 11 is 0. The highest BCUT2D eigenvalue weighted by molar-refractivity contribution is 7.89. The zero-order valence-electron chi connectivity index (χ0n) is 14.7. The summed E-state index contributed by atoms with van der Waals surface area (Å²) < 4.78 is 27.0. The van der Waals surface area contributed by atoms with Crippen molar-refractivity contribution in [2.45, 2.75) is 31.6 Å². The Balaban J connectivity index is 2.07. The van der Waals surface area contributed by atoms with E-state index < -0.39 is 10.0 Å². The van der Waals surface area contributed by atoms with Crippen LogP contribution in [0.3, 0.4) is 0 Å². The summed E-state index contributed by atoms with van der Waals surface area (Å²) in [7, 11) is -3.63. The van der Waals surface area contributed by atoms with Gasteiger partial charge in [0, 0.05) is 38.3 Å². The first-order chi connectivity index (χ1) is 11.9.